The summed E-state index contributed by atoms with van der Waals surface area (Å²) in [5.74, 6) is 0.863. The van der Waals surface area contributed by atoms with E-state index in [2.05, 4.69) is 5.32 Å². The Balaban J connectivity index is 1.59. The highest BCUT2D eigenvalue weighted by Crippen LogP contribution is 2.29. The van der Waals surface area contributed by atoms with Gasteiger partial charge in [-0.2, -0.15) is 0 Å². The molecule has 1 fully saturated rings. The lowest BCUT2D eigenvalue weighted by molar-refractivity contribution is -0.906. The first-order valence-corrected chi connectivity index (χ1v) is 8.02. The van der Waals surface area contributed by atoms with Gasteiger partial charge < -0.3 is 19.4 Å². The number of ketones is 1. The van der Waals surface area contributed by atoms with E-state index < -0.39 is 0 Å². The summed E-state index contributed by atoms with van der Waals surface area (Å²) >= 11 is 0. The Morgan fingerprint density at radius 1 is 1.27 bits per heavy atom. The number of rotatable bonds is 4. The minimum absolute atomic E-state index is 0.0966. The third-order valence-electron chi connectivity index (χ3n) is 4.48. The zero-order chi connectivity index (χ0) is 15.5. The van der Waals surface area contributed by atoms with E-state index in [0.29, 0.717) is 35.6 Å². The topological polar surface area (TPSA) is 73.0 Å². The molecule has 2 aliphatic rings. The van der Waals surface area contributed by atoms with Crippen molar-refractivity contribution in [3.8, 4) is 0 Å². The van der Waals surface area contributed by atoms with Gasteiger partial charge in [-0.05, 0) is 13.3 Å². The Morgan fingerprint density at radius 3 is 2.77 bits per heavy atom. The number of hydrogen-bond acceptors (Lipinski definition) is 4. The van der Waals surface area contributed by atoms with Crippen molar-refractivity contribution < 1.29 is 23.6 Å². The first-order valence-electron chi connectivity index (χ1n) is 8.02. The van der Waals surface area contributed by atoms with Gasteiger partial charge in [-0.3, -0.25) is 9.59 Å². The van der Waals surface area contributed by atoms with Crippen molar-refractivity contribution in [1.82, 2.24) is 5.32 Å². The summed E-state index contributed by atoms with van der Waals surface area (Å²) in [6.07, 6.45) is 2.10. The monoisotopic (exact) mass is 307 g/mol. The van der Waals surface area contributed by atoms with Crippen molar-refractivity contribution in [1.29, 1.82) is 0 Å². The van der Waals surface area contributed by atoms with E-state index in [4.69, 9.17) is 9.15 Å². The number of ether oxygens (including phenoxy) is 1. The zero-order valence-corrected chi connectivity index (χ0v) is 13.0. The quantitative estimate of drug-likeness (QED) is 0.805. The van der Waals surface area contributed by atoms with Crippen LogP contribution < -0.4 is 10.2 Å². The average molecular weight is 307 g/mol. The predicted octanol–water partition coefficient (Wildman–Crippen LogP) is -0.248. The standard InChI is InChI=1S/C16H22N2O4/c1-11-14-12(19)3-2-4-13(14)22-15(11)16(20)17-5-6-18-7-9-21-10-8-18/h2-10H2,1H3,(H,17,20)/p+1. The normalized spacial score (nSPS) is 19.0. The number of aryl methyl sites for hydroxylation is 1. The summed E-state index contributed by atoms with van der Waals surface area (Å²) in [5.41, 5.74) is 1.33. The van der Waals surface area contributed by atoms with Crippen LogP contribution in [0, 0.1) is 6.92 Å². The minimum atomic E-state index is -0.215. The second-order valence-electron chi connectivity index (χ2n) is 6.00. The molecule has 6 nitrogen and oxygen atoms in total. The number of Topliss-reactive ketones (excluding diaryl/α,β-unsaturated/α-hetero) is 1. The van der Waals surface area contributed by atoms with Crippen LogP contribution in [0.5, 0.6) is 0 Å². The maximum atomic E-state index is 12.3. The lowest BCUT2D eigenvalue weighted by Crippen LogP contribution is -3.14. The van der Waals surface area contributed by atoms with Crippen molar-refractivity contribution in [3.05, 3.63) is 22.6 Å². The molecule has 1 saturated heterocycles. The van der Waals surface area contributed by atoms with Crippen molar-refractivity contribution in [3.63, 3.8) is 0 Å². The first-order chi connectivity index (χ1) is 10.7. The lowest BCUT2D eigenvalue weighted by atomic mass is 9.94. The minimum Gasteiger partial charge on any atom is -0.455 e. The van der Waals surface area contributed by atoms with Crippen LogP contribution in [0.3, 0.4) is 0 Å². The first kappa shape index (κ1) is 15.2. The van der Waals surface area contributed by atoms with Crippen LogP contribution in [0.4, 0.5) is 0 Å². The van der Waals surface area contributed by atoms with Crippen LogP contribution in [-0.4, -0.2) is 51.1 Å². The molecule has 0 spiro atoms. The van der Waals surface area contributed by atoms with Gasteiger partial charge in [0.05, 0.1) is 31.9 Å². The predicted molar refractivity (Wildman–Crippen MR) is 79.4 cm³/mol. The van der Waals surface area contributed by atoms with Crippen molar-refractivity contribution in [2.24, 2.45) is 0 Å². The Kier molecular flexibility index (Phi) is 4.59. The number of hydrogen-bond donors (Lipinski definition) is 2. The van der Waals surface area contributed by atoms with Gasteiger partial charge in [0, 0.05) is 18.4 Å². The van der Waals surface area contributed by atoms with Crippen molar-refractivity contribution in [2.45, 2.75) is 26.2 Å². The van der Waals surface area contributed by atoms with Gasteiger partial charge in [-0.25, -0.2) is 0 Å². The molecule has 0 bridgehead atoms. The van der Waals surface area contributed by atoms with E-state index in [1.54, 1.807) is 6.92 Å². The summed E-state index contributed by atoms with van der Waals surface area (Å²) in [4.78, 5) is 25.7. The van der Waals surface area contributed by atoms with Gasteiger partial charge in [0.1, 0.15) is 18.8 Å². The van der Waals surface area contributed by atoms with Gasteiger partial charge in [0.15, 0.2) is 11.5 Å². The Labute approximate surface area is 129 Å². The Morgan fingerprint density at radius 2 is 2.05 bits per heavy atom. The number of fused-ring (bicyclic) bond motifs is 1. The second-order valence-corrected chi connectivity index (χ2v) is 6.00. The van der Waals surface area contributed by atoms with E-state index in [-0.39, 0.29) is 11.7 Å². The van der Waals surface area contributed by atoms with E-state index in [9.17, 15) is 9.59 Å². The van der Waals surface area contributed by atoms with E-state index in [1.807, 2.05) is 0 Å². The third-order valence-corrected chi connectivity index (χ3v) is 4.48. The summed E-state index contributed by atoms with van der Waals surface area (Å²) in [7, 11) is 0. The summed E-state index contributed by atoms with van der Waals surface area (Å²) in [6, 6.07) is 0. The molecule has 1 aliphatic carbocycles. The van der Waals surface area contributed by atoms with Crippen molar-refractivity contribution in [2.75, 3.05) is 39.4 Å². The van der Waals surface area contributed by atoms with E-state index >= 15 is 0 Å². The molecule has 2 heterocycles. The molecule has 0 atom stereocenters. The lowest BCUT2D eigenvalue weighted by Gasteiger charge is -2.23. The second kappa shape index (κ2) is 6.62. The highest BCUT2D eigenvalue weighted by molar-refractivity contribution is 6.03. The van der Waals surface area contributed by atoms with Crippen molar-refractivity contribution >= 4 is 11.7 Å². The fourth-order valence-corrected chi connectivity index (χ4v) is 3.21. The molecule has 0 saturated carbocycles. The molecular weight excluding hydrogens is 284 g/mol. The highest BCUT2D eigenvalue weighted by atomic mass is 16.5. The van der Waals surface area contributed by atoms with Crippen LogP contribution >= 0.6 is 0 Å². The largest absolute Gasteiger partial charge is 0.455 e. The van der Waals surface area contributed by atoms with Crippen LogP contribution in [0.2, 0.25) is 0 Å². The van der Waals surface area contributed by atoms with E-state index in [0.717, 1.165) is 45.7 Å². The smallest absolute Gasteiger partial charge is 0.287 e. The SMILES string of the molecule is Cc1c(C(=O)NCC[NH+]2CCOCC2)oc2c1C(=O)CCC2. The van der Waals surface area contributed by atoms with Crippen LogP contribution in [0.25, 0.3) is 0 Å². The van der Waals surface area contributed by atoms with E-state index in [1.165, 1.54) is 4.90 Å². The van der Waals surface area contributed by atoms with Gasteiger partial charge in [-0.1, -0.05) is 0 Å². The number of nitrogens with one attached hydrogen (secondary N) is 2. The molecule has 0 radical (unpaired) electrons. The zero-order valence-electron chi connectivity index (χ0n) is 13.0. The maximum Gasteiger partial charge on any atom is 0.287 e. The number of quaternary nitrogens is 1. The molecular formula is C16H23N2O4+. The molecule has 1 aromatic rings. The number of furan rings is 1. The third kappa shape index (κ3) is 3.08. The molecule has 1 amide bonds. The molecule has 1 aliphatic heterocycles. The Bertz CT molecular complexity index is 573. The summed E-state index contributed by atoms with van der Waals surface area (Å²) in [6.45, 7) is 6.83. The molecule has 1 aromatic heterocycles. The van der Waals surface area contributed by atoms with Crippen LogP contribution in [0.1, 0.15) is 45.1 Å². The molecule has 22 heavy (non-hydrogen) atoms. The van der Waals surface area contributed by atoms with Gasteiger partial charge >= 0.3 is 0 Å². The maximum absolute atomic E-state index is 12.3. The fourth-order valence-electron chi connectivity index (χ4n) is 3.21. The molecule has 0 aromatic carbocycles. The highest BCUT2D eigenvalue weighted by Gasteiger charge is 2.28. The molecule has 6 heteroatoms. The summed E-state index contributed by atoms with van der Waals surface area (Å²) < 4.78 is 11.0. The summed E-state index contributed by atoms with van der Waals surface area (Å²) in [5, 5.41) is 2.91. The number of amides is 1. The molecule has 0 unspecified atom stereocenters. The van der Waals surface area contributed by atoms with Gasteiger partial charge in [0.2, 0.25) is 0 Å². The Hall–Kier alpha value is -1.66. The number of carbonyl (C=O) groups excluding carboxylic acids is 2. The van der Waals surface area contributed by atoms with Gasteiger partial charge in [-0.15, -0.1) is 0 Å². The van der Waals surface area contributed by atoms with Crippen LogP contribution in [0.15, 0.2) is 4.42 Å². The van der Waals surface area contributed by atoms with Gasteiger partial charge in [0.25, 0.3) is 5.91 Å². The molecule has 120 valence electrons. The molecule has 2 N–H and O–H groups in total. The number of morpholine rings is 1. The number of carbonyl (C=O) groups is 2. The fraction of sp³-hybridized carbons (Fsp3) is 0.625. The average Bonchev–Trinajstić information content (AvgIpc) is 2.87. The molecule has 3 rings (SSSR count). The van der Waals surface area contributed by atoms with Crippen LogP contribution in [-0.2, 0) is 11.2 Å².